The van der Waals surface area contributed by atoms with E-state index in [0.717, 1.165) is 25.6 Å². The number of anilines is 1. The number of oxazole rings is 1. The molecule has 0 radical (unpaired) electrons. The minimum atomic E-state index is -1.08. The number of aromatic carboxylic acids is 1. The van der Waals surface area contributed by atoms with Crippen LogP contribution in [-0.2, 0) is 0 Å². The molecule has 1 aliphatic carbocycles. The smallest absolute Gasteiger partial charge is 0.357 e. The number of nitrogens with one attached hydrogen (secondary N) is 1. The highest BCUT2D eigenvalue weighted by atomic mass is 16.4. The average molecular weight is 239 g/mol. The Morgan fingerprint density at radius 1 is 1.65 bits per heavy atom. The van der Waals surface area contributed by atoms with E-state index in [0.29, 0.717) is 0 Å². The lowest BCUT2D eigenvalue weighted by Crippen LogP contribution is -2.54. The second-order valence-corrected chi connectivity index (χ2v) is 4.67. The van der Waals surface area contributed by atoms with Crippen LogP contribution < -0.4 is 5.32 Å². The minimum absolute atomic E-state index is 0.0694. The van der Waals surface area contributed by atoms with Crippen molar-refractivity contribution in [1.82, 2.24) is 9.88 Å². The summed E-state index contributed by atoms with van der Waals surface area (Å²) in [4.78, 5) is 16.7. The molecule has 0 bridgehead atoms. The molecular weight excluding hydrogens is 222 g/mol. The van der Waals surface area contributed by atoms with Gasteiger partial charge in [-0.05, 0) is 33.4 Å². The van der Waals surface area contributed by atoms with Crippen LogP contribution in [-0.4, -0.2) is 47.1 Å². The van der Waals surface area contributed by atoms with Gasteiger partial charge < -0.3 is 19.7 Å². The van der Waals surface area contributed by atoms with Crippen molar-refractivity contribution >= 4 is 12.0 Å². The van der Waals surface area contributed by atoms with Gasteiger partial charge in [-0.3, -0.25) is 0 Å². The number of rotatable bonds is 5. The highest BCUT2D eigenvalue weighted by Gasteiger charge is 2.39. The van der Waals surface area contributed by atoms with Crippen molar-refractivity contribution < 1.29 is 14.3 Å². The van der Waals surface area contributed by atoms with E-state index in [1.54, 1.807) is 0 Å². The first-order valence-electron chi connectivity index (χ1n) is 5.64. The predicted octanol–water partition coefficient (Wildman–Crippen LogP) is 1.27. The van der Waals surface area contributed by atoms with E-state index in [2.05, 4.69) is 29.3 Å². The Bertz CT molecular complexity index is 410. The van der Waals surface area contributed by atoms with Crippen molar-refractivity contribution in [3.63, 3.8) is 0 Å². The molecule has 2 rings (SSSR count). The molecule has 1 saturated carbocycles. The Kier molecular flexibility index (Phi) is 3.06. The van der Waals surface area contributed by atoms with Crippen LogP contribution in [0.25, 0.3) is 0 Å². The fourth-order valence-corrected chi connectivity index (χ4v) is 2.06. The lowest BCUT2D eigenvalue weighted by molar-refractivity contribution is 0.0690. The lowest BCUT2D eigenvalue weighted by Gasteiger charge is -2.47. The van der Waals surface area contributed by atoms with Crippen molar-refractivity contribution in [2.24, 2.45) is 0 Å². The SMILES string of the molecule is CN(C)C1(CNc2nc(C(=O)O)co2)CCC1. The van der Waals surface area contributed by atoms with Crippen molar-refractivity contribution in [3.05, 3.63) is 12.0 Å². The maximum Gasteiger partial charge on any atom is 0.357 e. The zero-order valence-electron chi connectivity index (χ0n) is 10.1. The van der Waals surface area contributed by atoms with Crippen molar-refractivity contribution in [2.75, 3.05) is 26.0 Å². The molecule has 6 heteroatoms. The normalized spacial score (nSPS) is 17.8. The summed E-state index contributed by atoms with van der Waals surface area (Å²) in [5.74, 6) is -1.08. The largest absolute Gasteiger partial charge is 0.476 e. The van der Waals surface area contributed by atoms with E-state index in [9.17, 15) is 4.79 Å². The van der Waals surface area contributed by atoms with Crippen LogP contribution in [0.2, 0.25) is 0 Å². The van der Waals surface area contributed by atoms with E-state index >= 15 is 0 Å². The number of hydrogen-bond acceptors (Lipinski definition) is 5. The van der Waals surface area contributed by atoms with E-state index in [1.165, 1.54) is 6.42 Å². The van der Waals surface area contributed by atoms with Gasteiger partial charge in [-0.1, -0.05) is 0 Å². The Hall–Kier alpha value is -1.56. The number of hydrogen-bond donors (Lipinski definition) is 2. The maximum absolute atomic E-state index is 10.6. The van der Waals surface area contributed by atoms with E-state index in [1.807, 2.05) is 0 Å². The third-order valence-electron chi connectivity index (χ3n) is 3.52. The molecule has 0 unspecified atom stereocenters. The second kappa shape index (κ2) is 4.37. The quantitative estimate of drug-likeness (QED) is 0.805. The fourth-order valence-electron chi connectivity index (χ4n) is 2.06. The third-order valence-corrected chi connectivity index (χ3v) is 3.52. The highest BCUT2D eigenvalue weighted by Crippen LogP contribution is 2.36. The van der Waals surface area contributed by atoms with Crippen LogP contribution in [0.15, 0.2) is 10.7 Å². The minimum Gasteiger partial charge on any atom is -0.476 e. The Labute approximate surface area is 99.6 Å². The molecule has 2 N–H and O–H groups in total. The summed E-state index contributed by atoms with van der Waals surface area (Å²) < 4.78 is 5.05. The summed E-state index contributed by atoms with van der Waals surface area (Å²) in [6.07, 6.45) is 4.65. The third kappa shape index (κ3) is 2.26. The van der Waals surface area contributed by atoms with Gasteiger partial charge in [0.25, 0.3) is 6.01 Å². The molecule has 1 aromatic heterocycles. The van der Waals surface area contributed by atoms with Crippen LogP contribution in [0.5, 0.6) is 0 Å². The van der Waals surface area contributed by atoms with Gasteiger partial charge in [0, 0.05) is 12.1 Å². The number of aromatic nitrogens is 1. The Balaban J connectivity index is 1.95. The van der Waals surface area contributed by atoms with Crippen LogP contribution in [0.1, 0.15) is 29.8 Å². The van der Waals surface area contributed by atoms with Gasteiger partial charge >= 0.3 is 5.97 Å². The second-order valence-electron chi connectivity index (χ2n) is 4.67. The molecule has 1 aliphatic rings. The highest BCUT2D eigenvalue weighted by molar-refractivity contribution is 5.85. The molecule has 0 saturated heterocycles. The van der Waals surface area contributed by atoms with Crippen molar-refractivity contribution in [1.29, 1.82) is 0 Å². The molecule has 1 fully saturated rings. The maximum atomic E-state index is 10.6. The summed E-state index contributed by atoms with van der Waals surface area (Å²) in [7, 11) is 4.11. The molecule has 0 atom stereocenters. The summed E-state index contributed by atoms with van der Waals surface area (Å²) in [6, 6.07) is 0.274. The molecule has 1 aromatic rings. The van der Waals surface area contributed by atoms with Crippen LogP contribution >= 0.6 is 0 Å². The molecule has 0 aliphatic heterocycles. The van der Waals surface area contributed by atoms with Gasteiger partial charge in [-0.25, -0.2) is 4.79 Å². The molecule has 17 heavy (non-hydrogen) atoms. The molecular formula is C11H17N3O3. The zero-order valence-corrected chi connectivity index (χ0v) is 10.1. The van der Waals surface area contributed by atoms with E-state index < -0.39 is 5.97 Å². The van der Waals surface area contributed by atoms with E-state index in [4.69, 9.17) is 9.52 Å². The van der Waals surface area contributed by atoms with Gasteiger partial charge in [0.1, 0.15) is 6.26 Å². The van der Waals surface area contributed by atoms with Crippen LogP contribution in [0.4, 0.5) is 6.01 Å². The summed E-state index contributed by atoms with van der Waals surface area (Å²) in [5.41, 5.74) is 0.0812. The molecule has 94 valence electrons. The molecule has 1 heterocycles. The summed E-state index contributed by atoms with van der Waals surface area (Å²) >= 11 is 0. The van der Waals surface area contributed by atoms with Gasteiger partial charge in [0.05, 0.1) is 0 Å². The van der Waals surface area contributed by atoms with Crippen LogP contribution in [0, 0.1) is 0 Å². The Morgan fingerprint density at radius 2 is 2.35 bits per heavy atom. The topological polar surface area (TPSA) is 78.6 Å². The van der Waals surface area contributed by atoms with Gasteiger partial charge in [0.2, 0.25) is 0 Å². The predicted molar refractivity (Wildman–Crippen MR) is 62.2 cm³/mol. The number of nitrogens with zero attached hydrogens (tertiary/aromatic N) is 2. The first-order chi connectivity index (χ1) is 8.03. The van der Waals surface area contributed by atoms with Gasteiger partial charge in [-0.15, -0.1) is 0 Å². The molecule has 6 nitrogen and oxygen atoms in total. The number of likely N-dealkylation sites (N-methyl/N-ethyl adjacent to an activating group) is 1. The van der Waals surface area contributed by atoms with Crippen LogP contribution in [0.3, 0.4) is 0 Å². The number of carbonyl (C=O) groups is 1. The molecule has 0 aromatic carbocycles. The first-order valence-corrected chi connectivity index (χ1v) is 5.64. The monoisotopic (exact) mass is 239 g/mol. The lowest BCUT2D eigenvalue weighted by atomic mass is 9.75. The summed E-state index contributed by atoms with van der Waals surface area (Å²) in [5, 5.41) is 11.8. The Morgan fingerprint density at radius 3 is 2.76 bits per heavy atom. The van der Waals surface area contributed by atoms with Gasteiger partial charge in [0.15, 0.2) is 5.69 Å². The summed E-state index contributed by atoms with van der Waals surface area (Å²) in [6.45, 7) is 0.722. The van der Waals surface area contributed by atoms with E-state index in [-0.39, 0.29) is 17.2 Å². The van der Waals surface area contributed by atoms with Crippen molar-refractivity contribution in [3.8, 4) is 0 Å². The number of carboxylic acids is 1. The first kappa shape index (κ1) is 11.9. The molecule has 0 spiro atoms. The van der Waals surface area contributed by atoms with Crippen molar-refractivity contribution in [2.45, 2.75) is 24.8 Å². The standard InChI is InChI=1S/C11H17N3O3/c1-14(2)11(4-3-5-11)7-12-10-13-8(6-17-10)9(15)16/h6H,3-5,7H2,1-2H3,(H,12,13)(H,15,16). The van der Waals surface area contributed by atoms with Gasteiger partial charge in [-0.2, -0.15) is 4.98 Å². The molecule has 0 amide bonds. The number of carboxylic acid groups (broad SMARTS) is 1. The fraction of sp³-hybridized carbons (Fsp3) is 0.636. The zero-order chi connectivity index (χ0) is 12.5. The average Bonchev–Trinajstić information content (AvgIpc) is 2.64.